The van der Waals surface area contributed by atoms with Crippen LogP contribution in [-0.4, -0.2) is 21.9 Å². The zero-order valence-corrected chi connectivity index (χ0v) is 10.4. The number of nitrogens with zero attached hydrogens (tertiary/aromatic N) is 2. The van der Waals surface area contributed by atoms with Gasteiger partial charge in [0.05, 0.1) is 0 Å². The van der Waals surface area contributed by atoms with Crippen molar-refractivity contribution in [1.29, 1.82) is 5.41 Å². The monoisotopic (exact) mass is 223 g/mol. The highest BCUT2D eigenvalue weighted by Gasteiger charge is 2.12. The summed E-state index contributed by atoms with van der Waals surface area (Å²) in [5.74, 6) is 6.24. The lowest BCUT2D eigenvalue weighted by Gasteiger charge is -2.22. The molecule has 0 aliphatic heterocycles. The van der Waals surface area contributed by atoms with Gasteiger partial charge in [0.2, 0.25) is 0 Å². The summed E-state index contributed by atoms with van der Waals surface area (Å²) >= 11 is 0. The minimum atomic E-state index is 0.0609. The Labute approximate surface area is 96.9 Å². The van der Waals surface area contributed by atoms with E-state index < -0.39 is 0 Å². The molecule has 0 amide bonds. The van der Waals surface area contributed by atoms with Crippen molar-refractivity contribution in [3.05, 3.63) is 23.9 Å². The van der Waals surface area contributed by atoms with Crippen molar-refractivity contribution in [2.45, 2.75) is 33.7 Å². The van der Waals surface area contributed by atoms with Gasteiger partial charge in [0.15, 0.2) is 5.84 Å². The molecular weight excluding hydrogens is 202 g/mol. The largest absolute Gasteiger partial charge is 0.384 e. The number of hydrogen-bond acceptors (Lipinski definition) is 4. The van der Waals surface area contributed by atoms with Gasteiger partial charge in [0.25, 0.3) is 0 Å². The zero-order valence-electron chi connectivity index (χ0n) is 10.4. The third kappa shape index (κ3) is 3.86. The predicted molar refractivity (Wildman–Crippen MR) is 68.0 cm³/mol. The van der Waals surface area contributed by atoms with Gasteiger partial charge in [-0.3, -0.25) is 10.4 Å². The van der Waals surface area contributed by atoms with Crippen molar-refractivity contribution in [3.63, 3.8) is 0 Å². The van der Waals surface area contributed by atoms with Crippen molar-refractivity contribution in [1.82, 2.24) is 9.99 Å². The average molecular weight is 223 g/mol. The zero-order chi connectivity index (χ0) is 12.7. The third-order valence-electron chi connectivity index (χ3n) is 1.83. The highest BCUT2D eigenvalue weighted by Crippen LogP contribution is 2.04. The van der Waals surface area contributed by atoms with Crippen LogP contribution in [-0.2, 0) is 0 Å². The maximum atomic E-state index is 7.75. The predicted octanol–water partition coefficient (Wildman–Crippen LogP) is 1.60. The van der Waals surface area contributed by atoms with E-state index in [1.165, 1.54) is 5.01 Å². The molecule has 0 atom stereocenters. The van der Waals surface area contributed by atoms with Crippen LogP contribution in [0, 0.1) is 5.41 Å². The minimum absolute atomic E-state index is 0.0609. The number of aromatic nitrogens is 1. The number of hydrazine groups is 1. The van der Waals surface area contributed by atoms with Gasteiger partial charge in [-0.2, -0.15) is 0 Å². The molecule has 0 saturated carbocycles. The third-order valence-corrected chi connectivity index (χ3v) is 1.83. The van der Waals surface area contributed by atoms with Crippen LogP contribution in [0.15, 0.2) is 18.2 Å². The summed E-state index contributed by atoms with van der Waals surface area (Å²) < 4.78 is 0. The molecule has 1 aromatic rings. The Kier molecular flexibility index (Phi) is 6.10. The summed E-state index contributed by atoms with van der Waals surface area (Å²) in [6.45, 7) is 7.81. The number of nitrogen functional groups attached to an aromatic ring is 1. The second kappa shape index (κ2) is 6.79. The molecule has 0 aliphatic carbocycles. The first kappa shape index (κ1) is 14.4. The molecule has 0 aliphatic rings. The average Bonchev–Trinajstić information content (AvgIpc) is 2.29. The fourth-order valence-corrected chi connectivity index (χ4v) is 0.974. The number of nitrogens with one attached hydrogen (secondary N) is 1. The lowest BCUT2D eigenvalue weighted by molar-refractivity contribution is 0.361. The Bertz CT molecular complexity index is 335. The number of hydrogen-bond donors (Lipinski definition) is 3. The summed E-state index contributed by atoms with van der Waals surface area (Å²) in [4.78, 5) is 4.01. The van der Waals surface area contributed by atoms with E-state index in [0.29, 0.717) is 11.5 Å². The number of amidine groups is 1. The van der Waals surface area contributed by atoms with Crippen LogP contribution in [0.2, 0.25) is 0 Å². The van der Waals surface area contributed by atoms with Gasteiger partial charge in [-0.05, 0) is 26.0 Å². The van der Waals surface area contributed by atoms with E-state index in [-0.39, 0.29) is 11.9 Å². The van der Waals surface area contributed by atoms with Crippen LogP contribution in [0.5, 0.6) is 0 Å². The summed E-state index contributed by atoms with van der Waals surface area (Å²) in [5, 5.41) is 9.09. The SMILES string of the molecule is CC.CC(C)N(N)C(=N)c1cccc(N)n1. The lowest BCUT2D eigenvalue weighted by Crippen LogP contribution is -2.43. The van der Waals surface area contributed by atoms with Crippen molar-refractivity contribution in [2.75, 3.05) is 5.73 Å². The minimum Gasteiger partial charge on any atom is -0.384 e. The molecule has 5 heteroatoms. The van der Waals surface area contributed by atoms with Gasteiger partial charge in [0.1, 0.15) is 11.5 Å². The van der Waals surface area contributed by atoms with E-state index in [1.54, 1.807) is 18.2 Å². The molecule has 5 nitrogen and oxygen atoms in total. The van der Waals surface area contributed by atoms with E-state index in [2.05, 4.69) is 4.98 Å². The van der Waals surface area contributed by atoms with Crippen molar-refractivity contribution < 1.29 is 0 Å². The summed E-state index contributed by atoms with van der Waals surface area (Å²) in [6.07, 6.45) is 0. The first-order valence-electron chi connectivity index (χ1n) is 5.37. The van der Waals surface area contributed by atoms with E-state index >= 15 is 0 Å². The standard InChI is InChI=1S/C9H15N5.C2H6/c1-6(2)14(12)9(11)7-4-3-5-8(10)13-7;1-2/h3-6,11H,12H2,1-2H3,(H2,10,13);1-2H3. The van der Waals surface area contributed by atoms with Crippen molar-refractivity contribution in [2.24, 2.45) is 5.84 Å². The smallest absolute Gasteiger partial charge is 0.161 e. The Balaban J connectivity index is 0.00000106. The van der Waals surface area contributed by atoms with Crippen LogP contribution in [0.1, 0.15) is 33.4 Å². The highest BCUT2D eigenvalue weighted by atomic mass is 15.4. The lowest BCUT2D eigenvalue weighted by atomic mass is 10.3. The van der Waals surface area contributed by atoms with Crippen molar-refractivity contribution >= 4 is 11.7 Å². The van der Waals surface area contributed by atoms with Crippen LogP contribution in [0.3, 0.4) is 0 Å². The Hall–Kier alpha value is -1.62. The molecule has 0 radical (unpaired) electrons. The van der Waals surface area contributed by atoms with Gasteiger partial charge >= 0.3 is 0 Å². The molecule has 1 aromatic heterocycles. The molecule has 0 spiro atoms. The fraction of sp³-hybridized carbons (Fsp3) is 0.455. The van der Waals surface area contributed by atoms with Gasteiger partial charge in [0, 0.05) is 6.04 Å². The molecular formula is C11H21N5. The Morgan fingerprint density at radius 2 is 1.94 bits per heavy atom. The molecule has 1 heterocycles. The van der Waals surface area contributed by atoms with E-state index in [0.717, 1.165) is 0 Å². The van der Waals surface area contributed by atoms with Gasteiger partial charge in [-0.1, -0.05) is 19.9 Å². The molecule has 0 saturated heterocycles. The second-order valence-electron chi connectivity index (χ2n) is 3.30. The number of anilines is 1. The topological polar surface area (TPSA) is 92.0 Å². The maximum Gasteiger partial charge on any atom is 0.161 e. The highest BCUT2D eigenvalue weighted by molar-refractivity contribution is 5.94. The second-order valence-corrected chi connectivity index (χ2v) is 3.30. The normalized spacial score (nSPS) is 9.38. The summed E-state index contributed by atoms with van der Waals surface area (Å²) in [7, 11) is 0. The summed E-state index contributed by atoms with van der Waals surface area (Å²) in [6, 6.07) is 5.19. The number of nitrogens with two attached hydrogens (primary N) is 2. The van der Waals surface area contributed by atoms with Crippen LogP contribution >= 0.6 is 0 Å². The molecule has 0 aromatic carbocycles. The molecule has 0 unspecified atom stereocenters. The molecule has 0 bridgehead atoms. The quantitative estimate of drug-likeness (QED) is 0.307. The van der Waals surface area contributed by atoms with E-state index in [9.17, 15) is 0 Å². The molecule has 1 rings (SSSR count). The Morgan fingerprint density at radius 3 is 2.38 bits per heavy atom. The number of pyridine rings is 1. The maximum absolute atomic E-state index is 7.75. The van der Waals surface area contributed by atoms with Crippen LogP contribution in [0.4, 0.5) is 5.82 Å². The number of rotatable bonds is 2. The molecule has 5 N–H and O–H groups in total. The Morgan fingerprint density at radius 1 is 1.38 bits per heavy atom. The van der Waals surface area contributed by atoms with Crippen LogP contribution in [0.25, 0.3) is 0 Å². The van der Waals surface area contributed by atoms with Gasteiger partial charge in [-0.25, -0.2) is 10.8 Å². The van der Waals surface area contributed by atoms with Gasteiger partial charge < -0.3 is 5.73 Å². The fourth-order valence-electron chi connectivity index (χ4n) is 0.974. The molecule has 16 heavy (non-hydrogen) atoms. The van der Waals surface area contributed by atoms with E-state index in [4.69, 9.17) is 17.0 Å². The van der Waals surface area contributed by atoms with E-state index in [1.807, 2.05) is 27.7 Å². The van der Waals surface area contributed by atoms with Gasteiger partial charge in [-0.15, -0.1) is 0 Å². The first-order chi connectivity index (χ1) is 7.52. The molecule has 90 valence electrons. The van der Waals surface area contributed by atoms with Crippen LogP contribution < -0.4 is 11.6 Å². The molecule has 0 fully saturated rings. The summed E-state index contributed by atoms with van der Waals surface area (Å²) in [5.41, 5.74) is 5.99. The van der Waals surface area contributed by atoms with Crippen molar-refractivity contribution in [3.8, 4) is 0 Å². The first-order valence-corrected chi connectivity index (χ1v) is 5.37.